The average Bonchev–Trinajstić information content (AvgIpc) is 2.83. The van der Waals surface area contributed by atoms with Gasteiger partial charge in [0.25, 0.3) is 0 Å². The Morgan fingerprint density at radius 3 is 2.64 bits per heavy atom. The minimum Gasteiger partial charge on any atom is -0.444 e. The molecule has 1 aromatic rings. The number of hydrogen-bond donors (Lipinski definition) is 1. The number of amides is 1. The fourth-order valence-electron chi connectivity index (χ4n) is 2.58. The van der Waals surface area contributed by atoms with Crippen molar-refractivity contribution in [3.05, 3.63) is 30.1 Å². The van der Waals surface area contributed by atoms with Crippen molar-refractivity contribution in [3.63, 3.8) is 0 Å². The number of thioether (sulfide) groups is 1. The number of halogens is 1. The third-order valence-corrected chi connectivity index (χ3v) is 4.80. The summed E-state index contributed by atoms with van der Waals surface area (Å²) in [6.45, 7) is 5.59. The molecule has 1 fully saturated rings. The number of ether oxygens (including phenoxy) is 1. The molecule has 2 atom stereocenters. The van der Waals surface area contributed by atoms with Crippen LogP contribution in [0.25, 0.3) is 0 Å². The van der Waals surface area contributed by atoms with Crippen LogP contribution in [-0.4, -0.2) is 23.5 Å². The van der Waals surface area contributed by atoms with Crippen LogP contribution in [0.1, 0.15) is 40.0 Å². The van der Waals surface area contributed by atoms with E-state index in [1.807, 2.05) is 32.9 Å². The first-order valence-corrected chi connectivity index (χ1v) is 8.68. The molecule has 122 valence electrons. The van der Waals surface area contributed by atoms with E-state index in [9.17, 15) is 9.18 Å². The van der Waals surface area contributed by atoms with Gasteiger partial charge in [0.1, 0.15) is 11.4 Å². The van der Waals surface area contributed by atoms with Gasteiger partial charge in [-0.25, -0.2) is 9.18 Å². The molecule has 2 rings (SSSR count). The summed E-state index contributed by atoms with van der Waals surface area (Å²) < 4.78 is 18.1. The first kappa shape index (κ1) is 17.1. The molecule has 0 saturated heterocycles. The van der Waals surface area contributed by atoms with Gasteiger partial charge in [-0.15, -0.1) is 11.8 Å². The second kappa shape index (κ2) is 7.36. The Morgan fingerprint density at radius 1 is 1.32 bits per heavy atom. The zero-order chi connectivity index (χ0) is 16.2. The zero-order valence-corrected chi connectivity index (χ0v) is 14.2. The van der Waals surface area contributed by atoms with Crippen LogP contribution in [0.5, 0.6) is 0 Å². The van der Waals surface area contributed by atoms with Gasteiger partial charge in [0.05, 0.1) is 0 Å². The summed E-state index contributed by atoms with van der Waals surface area (Å²) in [6, 6.07) is 6.80. The van der Waals surface area contributed by atoms with E-state index in [1.54, 1.807) is 11.8 Å². The fourth-order valence-corrected chi connectivity index (χ4v) is 3.64. The van der Waals surface area contributed by atoms with E-state index in [1.165, 1.54) is 12.1 Å². The fraction of sp³-hybridized carbons (Fsp3) is 0.588. The lowest BCUT2D eigenvalue weighted by Crippen LogP contribution is -2.38. The summed E-state index contributed by atoms with van der Waals surface area (Å²) in [5.41, 5.74) is -0.458. The molecule has 1 N–H and O–H groups in total. The highest BCUT2D eigenvalue weighted by molar-refractivity contribution is 7.99. The Hall–Kier alpha value is -1.23. The molecule has 1 amide bonds. The molecular formula is C17H24FNO2S. The first-order valence-electron chi connectivity index (χ1n) is 7.70. The Kier molecular flexibility index (Phi) is 5.73. The molecule has 0 bridgehead atoms. The van der Waals surface area contributed by atoms with Crippen LogP contribution in [0.15, 0.2) is 29.2 Å². The highest BCUT2D eigenvalue weighted by Crippen LogP contribution is 2.31. The molecule has 1 saturated carbocycles. The van der Waals surface area contributed by atoms with Crippen molar-refractivity contribution in [1.29, 1.82) is 0 Å². The molecule has 0 spiro atoms. The Morgan fingerprint density at radius 2 is 2.00 bits per heavy atom. The lowest BCUT2D eigenvalue weighted by molar-refractivity contribution is 0.0505. The van der Waals surface area contributed by atoms with Crippen LogP contribution < -0.4 is 5.32 Å². The smallest absolute Gasteiger partial charge is 0.407 e. The average molecular weight is 325 g/mol. The molecule has 5 heteroatoms. The zero-order valence-electron chi connectivity index (χ0n) is 13.4. The maximum atomic E-state index is 12.9. The molecule has 0 aliphatic heterocycles. The van der Waals surface area contributed by atoms with Gasteiger partial charge in [-0.1, -0.05) is 0 Å². The monoisotopic (exact) mass is 325 g/mol. The van der Waals surface area contributed by atoms with Gasteiger partial charge >= 0.3 is 6.09 Å². The Labute approximate surface area is 136 Å². The largest absolute Gasteiger partial charge is 0.444 e. The van der Waals surface area contributed by atoms with Crippen LogP contribution in [0.2, 0.25) is 0 Å². The normalized spacial score (nSPS) is 21.6. The molecule has 0 heterocycles. The number of carbonyl (C=O) groups excluding carboxylic acids is 1. The van der Waals surface area contributed by atoms with Crippen molar-refractivity contribution >= 4 is 17.9 Å². The van der Waals surface area contributed by atoms with Crippen molar-refractivity contribution in [2.45, 2.75) is 56.6 Å². The lowest BCUT2D eigenvalue weighted by Gasteiger charge is -2.21. The summed E-state index contributed by atoms with van der Waals surface area (Å²) in [7, 11) is 0. The Balaban J connectivity index is 1.71. The molecule has 3 nitrogen and oxygen atoms in total. The van der Waals surface area contributed by atoms with Crippen molar-refractivity contribution in [2.24, 2.45) is 5.92 Å². The van der Waals surface area contributed by atoms with Crippen molar-refractivity contribution in [1.82, 2.24) is 5.32 Å². The molecule has 0 radical (unpaired) electrons. The summed E-state index contributed by atoms with van der Waals surface area (Å²) in [6.07, 6.45) is 2.75. The van der Waals surface area contributed by atoms with Crippen molar-refractivity contribution in [3.8, 4) is 0 Å². The first-order chi connectivity index (χ1) is 10.3. The molecule has 1 aliphatic carbocycles. The standard InChI is InChI=1S/C17H24FNO2S/c1-17(2,3)21-16(20)19-14-7-4-12(10-14)11-22-15-8-5-13(18)6-9-15/h5-6,8-9,12,14H,4,7,10-11H2,1-3H3,(H,19,20)/t12-,14+/m1/s1. The van der Waals surface area contributed by atoms with E-state index in [0.29, 0.717) is 5.92 Å². The molecule has 0 unspecified atom stereocenters. The van der Waals surface area contributed by atoms with Gasteiger partial charge in [0.2, 0.25) is 0 Å². The lowest BCUT2D eigenvalue weighted by atomic mass is 10.1. The third kappa shape index (κ3) is 5.87. The molecule has 1 aliphatic rings. The SMILES string of the molecule is CC(C)(C)OC(=O)N[C@H]1CC[C@@H](CSc2ccc(F)cc2)C1. The highest BCUT2D eigenvalue weighted by Gasteiger charge is 2.27. The Bertz CT molecular complexity index is 498. The van der Waals surface area contributed by atoms with Gasteiger partial charge < -0.3 is 10.1 Å². The van der Waals surface area contributed by atoms with Gasteiger partial charge in [0, 0.05) is 16.7 Å². The van der Waals surface area contributed by atoms with Crippen LogP contribution in [0.4, 0.5) is 9.18 Å². The molecule has 1 aromatic carbocycles. The summed E-state index contributed by atoms with van der Waals surface area (Å²) in [4.78, 5) is 12.8. The minimum atomic E-state index is -0.458. The van der Waals surface area contributed by atoms with Crippen LogP contribution >= 0.6 is 11.8 Å². The highest BCUT2D eigenvalue weighted by atomic mass is 32.2. The van der Waals surface area contributed by atoms with Gasteiger partial charge in [-0.3, -0.25) is 0 Å². The third-order valence-electron chi connectivity index (χ3n) is 3.56. The van der Waals surface area contributed by atoms with Crippen molar-refractivity contribution < 1.29 is 13.9 Å². The number of nitrogens with one attached hydrogen (secondary N) is 1. The van der Waals surface area contributed by atoms with E-state index in [-0.39, 0.29) is 18.0 Å². The van der Waals surface area contributed by atoms with Crippen LogP contribution in [0.3, 0.4) is 0 Å². The van der Waals surface area contributed by atoms with E-state index in [4.69, 9.17) is 4.74 Å². The molecule has 0 aromatic heterocycles. The summed E-state index contributed by atoms with van der Waals surface area (Å²) in [5, 5.41) is 2.95. The minimum absolute atomic E-state index is 0.202. The quantitative estimate of drug-likeness (QED) is 0.822. The molecule has 22 heavy (non-hydrogen) atoms. The number of benzene rings is 1. The topological polar surface area (TPSA) is 38.3 Å². The van der Waals surface area contributed by atoms with E-state index < -0.39 is 5.60 Å². The second-order valence-electron chi connectivity index (χ2n) is 6.79. The van der Waals surface area contributed by atoms with Gasteiger partial charge in [0.15, 0.2) is 0 Å². The predicted molar refractivity (Wildman–Crippen MR) is 87.6 cm³/mol. The van der Waals surface area contributed by atoms with E-state index in [2.05, 4.69) is 5.32 Å². The van der Waals surface area contributed by atoms with Gasteiger partial charge in [-0.2, -0.15) is 0 Å². The summed E-state index contributed by atoms with van der Waals surface area (Å²) >= 11 is 1.75. The number of hydrogen-bond acceptors (Lipinski definition) is 3. The maximum Gasteiger partial charge on any atom is 0.407 e. The maximum absolute atomic E-state index is 12.9. The second-order valence-corrected chi connectivity index (χ2v) is 7.88. The number of rotatable bonds is 4. The predicted octanol–water partition coefficient (Wildman–Crippen LogP) is 4.61. The van der Waals surface area contributed by atoms with Crippen LogP contribution in [-0.2, 0) is 4.74 Å². The summed E-state index contributed by atoms with van der Waals surface area (Å²) in [5.74, 6) is 1.37. The van der Waals surface area contributed by atoms with Crippen LogP contribution in [0, 0.1) is 11.7 Å². The van der Waals surface area contributed by atoms with Crippen molar-refractivity contribution in [2.75, 3.05) is 5.75 Å². The van der Waals surface area contributed by atoms with Gasteiger partial charge in [-0.05, 0) is 70.2 Å². The number of carbonyl (C=O) groups is 1. The molecular weight excluding hydrogens is 301 g/mol. The van der Waals surface area contributed by atoms with E-state index in [0.717, 1.165) is 29.9 Å². The number of alkyl carbamates (subject to hydrolysis) is 1. The van der Waals surface area contributed by atoms with E-state index >= 15 is 0 Å².